The number of ether oxygens (including phenoxy) is 3. The van der Waals surface area contributed by atoms with Crippen LogP contribution in [-0.4, -0.2) is 47.0 Å². The van der Waals surface area contributed by atoms with Crippen LogP contribution in [0.3, 0.4) is 0 Å². The van der Waals surface area contributed by atoms with E-state index in [1.807, 2.05) is 65.0 Å². The van der Waals surface area contributed by atoms with E-state index in [1.54, 1.807) is 17.9 Å². The van der Waals surface area contributed by atoms with Crippen LogP contribution in [0.4, 0.5) is 4.79 Å². The molecule has 160 valence electrons. The summed E-state index contributed by atoms with van der Waals surface area (Å²) in [4.78, 5) is 26.3. The van der Waals surface area contributed by atoms with Crippen molar-refractivity contribution in [3.05, 3.63) is 48.0 Å². The highest BCUT2D eigenvalue weighted by atomic mass is 16.6. The highest BCUT2D eigenvalue weighted by Crippen LogP contribution is 2.36. The van der Waals surface area contributed by atoms with Crippen LogP contribution in [0.25, 0.3) is 0 Å². The number of carbonyl (C=O) groups excluding carboxylic acids is 2. The van der Waals surface area contributed by atoms with Gasteiger partial charge in [0.05, 0.1) is 18.8 Å². The largest absolute Gasteiger partial charge is 0.463 e. The Hall–Kier alpha value is -2.34. The molecular weight excluding hydrogens is 370 g/mol. The Kier molecular flexibility index (Phi) is 7.47. The molecule has 1 aromatic rings. The van der Waals surface area contributed by atoms with Gasteiger partial charge >= 0.3 is 12.1 Å². The van der Waals surface area contributed by atoms with Crippen molar-refractivity contribution in [2.45, 2.75) is 77.9 Å². The van der Waals surface area contributed by atoms with E-state index in [-0.39, 0.29) is 18.1 Å². The molecule has 0 saturated carbocycles. The molecule has 2 atom stereocenters. The Balaban J connectivity index is 2.26. The number of benzene rings is 1. The van der Waals surface area contributed by atoms with Crippen LogP contribution < -0.4 is 0 Å². The molecular formula is C23H33NO5. The third-order valence-corrected chi connectivity index (χ3v) is 4.57. The summed E-state index contributed by atoms with van der Waals surface area (Å²) in [5.74, 6) is -0.381. The van der Waals surface area contributed by atoms with Gasteiger partial charge in [-0.2, -0.15) is 0 Å². The van der Waals surface area contributed by atoms with Crippen molar-refractivity contribution in [3.63, 3.8) is 0 Å². The summed E-state index contributed by atoms with van der Waals surface area (Å²) < 4.78 is 16.8. The first kappa shape index (κ1) is 22.9. The quantitative estimate of drug-likeness (QED) is 0.518. The lowest BCUT2D eigenvalue weighted by molar-refractivity contribution is -0.137. The average Bonchev–Trinajstić information content (AvgIpc) is 2.84. The third kappa shape index (κ3) is 6.60. The molecule has 29 heavy (non-hydrogen) atoms. The van der Waals surface area contributed by atoms with Gasteiger partial charge < -0.3 is 14.2 Å². The standard InChI is InChI=1S/C23H33NO5/c1-7-27-20(25)15-11-14-19-18(16-17-12-9-8-10-13-17)24(23(5,6)28-19)21(26)29-22(2,3)4/h8-13,15,18-19H,7,14,16H2,1-6H3/b15-11+. The maximum atomic E-state index is 13.0. The molecule has 0 N–H and O–H groups in total. The van der Waals surface area contributed by atoms with Gasteiger partial charge in [-0.05, 0) is 59.9 Å². The monoisotopic (exact) mass is 403 g/mol. The summed E-state index contributed by atoms with van der Waals surface area (Å²) >= 11 is 0. The summed E-state index contributed by atoms with van der Waals surface area (Å²) in [6.07, 6.45) is 3.59. The molecule has 1 heterocycles. The predicted octanol–water partition coefficient (Wildman–Crippen LogP) is 4.48. The molecule has 2 unspecified atom stereocenters. The molecule has 6 heteroatoms. The van der Waals surface area contributed by atoms with E-state index in [4.69, 9.17) is 14.2 Å². The van der Waals surface area contributed by atoms with Crippen molar-refractivity contribution in [1.29, 1.82) is 0 Å². The molecule has 0 aromatic heterocycles. The molecule has 1 fully saturated rings. The second-order valence-electron chi connectivity index (χ2n) is 8.60. The van der Waals surface area contributed by atoms with Gasteiger partial charge in [-0.3, -0.25) is 4.90 Å². The zero-order valence-corrected chi connectivity index (χ0v) is 18.3. The second-order valence-corrected chi connectivity index (χ2v) is 8.60. The van der Waals surface area contributed by atoms with Crippen molar-refractivity contribution < 1.29 is 23.8 Å². The lowest BCUT2D eigenvalue weighted by Gasteiger charge is -2.35. The highest BCUT2D eigenvalue weighted by Gasteiger charge is 2.50. The van der Waals surface area contributed by atoms with E-state index in [0.29, 0.717) is 19.4 Å². The smallest absolute Gasteiger partial charge is 0.412 e. The number of carbonyl (C=O) groups is 2. The minimum Gasteiger partial charge on any atom is -0.463 e. The van der Waals surface area contributed by atoms with Gasteiger partial charge in [0.1, 0.15) is 11.3 Å². The number of hydrogen-bond acceptors (Lipinski definition) is 5. The van der Waals surface area contributed by atoms with Crippen molar-refractivity contribution in [2.75, 3.05) is 6.61 Å². The van der Waals surface area contributed by atoms with Gasteiger partial charge in [-0.15, -0.1) is 0 Å². The third-order valence-electron chi connectivity index (χ3n) is 4.57. The summed E-state index contributed by atoms with van der Waals surface area (Å²) in [5.41, 5.74) is -0.330. The average molecular weight is 404 g/mol. The van der Waals surface area contributed by atoms with E-state index >= 15 is 0 Å². The molecule has 2 rings (SSSR count). The fourth-order valence-electron chi connectivity index (χ4n) is 3.51. The Labute approximate surface area is 173 Å². The fraction of sp³-hybridized carbons (Fsp3) is 0.565. The van der Waals surface area contributed by atoms with Crippen LogP contribution in [0.5, 0.6) is 0 Å². The van der Waals surface area contributed by atoms with Crippen LogP contribution in [0.2, 0.25) is 0 Å². The molecule has 1 saturated heterocycles. The highest BCUT2D eigenvalue weighted by molar-refractivity contribution is 5.81. The molecule has 1 aromatic carbocycles. The topological polar surface area (TPSA) is 65.1 Å². The van der Waals surface area contributed by atoms with Crippen molar-refractivity contribution in [2.24, 2.45) is 0 Å². The minimum absolute atomic E-state index is 0.228. The summed E-state index contributed by atoms with van der Waals surface area (Å²) in [5, 5.41) is 0. The summed E-state index contributed by atoms with van der Waals surface area (Å²) in [6.45, 7) is 11.4. The zero-order valence-electron chi connectivity index (χ0n) is 18.3. The van der Waals surface area contributed by atoms with E-state index in [2.05, 4.69) is 0 Å². The SMILES string of the molecule is CCOC(=O)/C=C/CC1OC(C)(C)N(C(=O)OC(C)(C)C)C1Cc1ccccc1. The van der Waals surface area contributed by atoms with E-state index in [0.717, 1.165) is 5.56 Å². The van der Waals surface area contributed by atoms with Crippen LogP contribution >= 0.6 is 0 Å². The normalized spacial score (nSPS) is 21.4. The maximum absolute atomic E-state index is 13.0. The molecule has 0 bridgehead atoms. The molecule has 1 amide bonds. The van der Waals surface area contributed by atoms with E-state index < -0.39 is 17.4 Å². The number of nitrogens with zero attached hydrogens (tertiary/aromatic N) is 1. The van der Waals surface area contributed by atoms with Crippen molar-refractivity contribution in [1.82, 2.24) is 4.90 Å². The van der Waals surface area contributed by atoms with Gasteiger partial charge in [-0.25, -0.2) is 9.59 Å². The number of amides is 1. The minimum atomic E-state index is -0.829. The van der Waals surface area contributed by atoms with Gasteiger partial charge in [0.25, 0.3) is 0 Å². The zero-order chi connectivity index (χ0) is 21.7. The Morgan fingerprint density at radius 1 is 1.21 bits per heavy atom. The molecule has 6 nitrogen and oxygen atoms in total. The number of hydrogen-bond donors (Lipinski definition) is 0. The number of rotatable bonds is 6. The second kappa shape index (κ2) is 9.44. The van der Waals surface area contributed by atoms with E-state index in [9.17, 15) is 9.59 Å². The van der Waals surface area contributed by atoms with Gasteiger partial charge in [0, 0.05) is 6.08 Å². The summed E-state index contributed by atoms with van der Waals surface area (Å²) in [7, 11) is 0. The first-order valence-electron chi connectivity index (χ1n) is 10.1. The fourth-order valence-corrected chi connectivity index (χ4v) is 3.51. The van der Waals surface area contributed by atoms with Crippen molar-refractivity contribution >= 4 is 12.1 Å². The Bertz CT molecular complexity index is 721. The lowest BCUT2D eigenvalue weighted by Crippen LogP contribution is -2.51. The molecule has 0 radical (unpaired) electrons. The number of esters is 1. The lowest BCUT2D eigenvalue weighted by atomic mass is 9.98. The molecule has 0 aliphatic carbocycles. The first-order chi connectivity index (χ1) is 13.5. The maximum Gasteiger partial charge on any atom is 0.412 e. The van der Waals surface area contributed by atoms with Crippen LogP contribution in [0.1, 0.15) is 53.5 Å². The Morgan fingerprint density at radius 2 is 1.86 bits per heavy atom. The van der Waals surface area contributed by atoms with Crippen LogP contribution in [0, 0.1) is 0 Å². The van der Waals surface area contributed by atoms with Gasteiger partial charge in [-0.1, -0.05) is 36.4 Å². The molecule has 1 aliphatic rings. The predicted molar refractivity (Wildman–Crippen MR) is 111 cm³/mol. The van der Waals surface area contributed by atoms with Gasteiger partial charge in [0.2, 0.25) is 0 Å². The van der Waals surface area contributed by atoms with E-state index in [1.165, 1.54) is 6.08 Å². The summed E-state index contributed by atoms with van der Waals surface area (Å²) in [6, 6.07) is 9.75. The first-order valence-corrected chi connectivity index (χ1v) is 10.1. The van der Waals surface area contributed by atoms with Crippen LogP contribution in [-0.2, 0) is 25.4 Å². The van der Waals surface area contributed by atoms with Crippen LogP contribution in [0.15, 0.2) is 42.5 Å². The molecule has 0 spiro atoms. The van der Waals surface area contributed by atoms with Gasteiger partial charge in [0.15, 0.2) is 0 Å². The molecule has 1 aliphatic heterocycles. The Morgan fingerprint density at radius 3 is 2.45 bits per heavy atom. The van der Waals surface area contributed by atoms with Crippen molar-refractivity contribution in [3.8, 4) is 0 Å².